The SMILES string of the molecule is COc1cccc(-c2ccc3c(n2)C(O)C2=C(CC(c4ccccc4)CC2=O)NC3=O)c1. The number of allylic oxidation sites excluding steroid dienone is 1. The van der Waals surface area contributed by atoms with Crippen LogP contribution in [0.15, 0.2) is 78.0 Å². The highest BCUT2D eigenvalue weighted by molar-refractivity contribution is 6.04. The number of carbonyl (C=O) groups is 2. The Morgan fingerprint density at radius 1 is 1.00 bits per heavy atom. The van der Waals surface area contributed by atoms with Crippen molar-refractivity contribution in [2.24, 2.45) is 0 Å². The molecule has 160 valence electrons. The number of rotatable bonds is 3. The first-order valence-corrected chi connectivity index (χ1v) is 10.5. The van der Waals surface area contributed by atoms with E-state index < -0.39 is 6.10 Å². The number of fused-ring (bicyclic) bond motifs is 1. The summed E-state index contributed by atoms with van der Waals surface area (Å²) >= 11 is 0. The zero-order valence-electron chi connectivity index (χ0n) is 17.5. The van der Waals surface area contributed by atoms with Crippen LogP contribution in [0.25, 0.3) is 11.3 Å². The molecule has 6 heteroatoms. The third kappa shape index (κ3) is 3.48. The van der Waals surface area contributed by atoms with Crippen molar-refractivity contribution in [1.82, 2.24) is 10.3 Å². The molecular weight excluding hydrogens is 404 g/mol. The molecule has 32 heavy (non-hydrogen) atoms. The molecule has 1 aliphatic heterocycles. The van der Waals surface area contributed by atoms with Gasteiger partial charge in [0.2, 0.25) is 0 Å². The van der Waals surface area contributed by atoms with Crippen LogP contribution in [-0.4, -0.2) is 28.9 Å². The van der Waals surface area contributed by atoms with E-state index >= 15 is 0 Å². The molecule has 2 atom stereocenters. The van der Waals surface area contributed by atoms with E-state index in [1.165, 1.54) is 0 Å². The van der Waals surface area contributed by atoms with Crippen LogP contribution in [-0.2, 0) is 4.79 Å². The number of amides is 1. The summed E-state index contributed by atoms with van der Waals surface area (Å²) in [4.78, 5) is 30.7. The van der Waals surface area contributed by atoms with E-state index in [1.807, 2.05) is 54.6 Å². The van der Waals surface area contributed by atoms with Gasteiger partial charge in [0.15, 0.2) is 5.78 Å². The molecule has 3 aromatic rings. The van der Waals surface area contributed by atoms with Gasteiger partial charge < -0.3 is 15.2 Å². The number of carbonyl (C=O) groups excluding carboxylic acids is 2. The summed E-state index contributed by atoms with van der Waals surface area (Å²) < 4.78 is 5.29. The number of hydrogen-bond donors (Lipinski definition) is 2. The quantitative estimate of drug-likeness (QED) is 0.662. The number of Topliss-reactive ketones (excluding diaryl/α,β-unsaturated/α-hetero) is 1. The number of pyridine rings is 1. The highest BCUT2D eigenvalue weighted by atomic mass is 16.5. The number of aliphatic hydroxyl groups is 1. The molecule has 2 N–H and O–H groups in total. The first-order chi connectivity index (χ1) is 15.5. The fourth-order valence-corrected chi connectivity index (χ4v) is 4.49. The Morgan fingerprint density at radius 3 is 2.59 bits per heavy atom. The van der Waals surface area contributed by atoms with E-state index in [1.54, 1.807) is 19.2 Å². The summed E-state index contributed by atoms with van der Waals surface area (Å²) in [7, 11) is 1.59. The summed E-state index contributed by atoms with van der Waals surface area (Å²) in [6.07, 6.45) is -0.514. The van der Waals surface area contributed by atoms with Crippen LogP contribution >= 0.6 is 0 Å². The minimum atomic E-state index is -1.27. The fraction of sp³-hybridized carbons (Fsp3) is 0.192. The third-order valence-electron chi connectivity index (χ3n) is 6.11. The number of aromatic nitrogens is 1. The molecule has 1 aliphatic carbocycles. The molecule has 0 radical (unpaired) electrons. The first-order valence-electron chi connectivity index (χ1n) is 10.5. The van der Waals surface area contributed by atoms with Crippen LogP contribution < -0.4 is 10.1 Å². The number of methoxy groups -OCH3 is 1. The predicted molar refractivity (Wildman–Crippen MR) is 119 cm³/mol. The second kappa shape index (κ2) is 8.05. The first kappa shape index (κ1) is 20.2. The number of aliphatic hydroxyl groups excluding tert-OH is 1. The second-order valence-electron chi connectivity index (χ2n) is 8.05. The lowest BCUT2D eigenvalue weighted by Crippen LogP contribution is -2.29. The van der Waals surface area contributed by atoms with Crippen molar-refractivity contribution < 1.29 is 19.4 Å². The van der Waals surface area contributed by atoms with Crippen molar-refractivity contribution in [2.75, 3.05) is 7.11 Å². The van der Waals surface area contributed by atoms with Gasteiger partial charge in [0.25, 0.3) is 5.91 Å². The Balaban J connectivity index is 1.55. The van der Waals surface area contributed by atoms with E-state index in [0.29, 0.717) is 23.6 Å². The van der Waals surface area contributed by atoms with Gasteiger partial charge in [-0.3, -0.25) is 9.59 Å². The van der Waals surface area contributed by atoms with Crippen molar-refractivity contribution in [2.45, 2.75) is 24.9 Å². The van der Waals surface area contributed by atoms with Gasteiger partial charge >= 0.3 is 0 Å². The monoisotopic (exact) mass is 426 g/mol. The van der Waals surface area contributed by atoms with Gasteiger partial charge in [0, 0.05) is 23.3 Å². The zero-order chi connectivity index (χ0) is 22.2. The number of ketones is 1. The standard InChI is InChI=1S/C26H22N2O4/c1-32-18-9-5-8-16(12-18)20-11-10-19-24(27-20)25(30)23-21(28-26(19)31)13-17(14-22(23)29)15-6-3-2-4-7-15/h2-12,17,25,30H,13-14H2,1H3,(H,28,31). The number of ether oxygens (including phenoxy) is 1. The van der Waals surface area contributed by atoms with Gasteiger partial charge in [-0.25, -0.2) is 4.98 Å². The van der Waals surface area contributed by atoms with Crippen molar-refractivity contribution in [3.05, 3.63) is 94.8 Å². The lowest BCUT2D eigenvalue weighted by Gasteiger charge is -2.27. The molecule has 2 heterocycles. The van der Waals surface area contributed by atoms with E-state index in [9.17, 15) is 14.7 Å². The van der Waals surface area contributed by atoms with Gasteiger partial charge in [-0.2, -0.15) is 0 Å². The molecule has 5 rings (SSSR count). The van der Waals surface area contributed by atoms with Gasteiger partial charge in [-0.05, 0) is 42.2 Å². The summed E-state index contributed by atoms with van der Waals surface area (Å²) in [6.45, 7) is 0. The van der Waals surface area contributed by atoms with E-state index in [0.717, 1.165) is 11.1 Å². The predicted octanol–water partition coefficient (Wildman–Crippen LogP) is 3.93. The minimum Gasteiger partial charge on any atom is -0.497 e. The summed E-state index contributed by atoms with van der Waals surface area (Å²) in [5, 5.41) is 14.1. The maximum Gasteiger partial charge on any atom is 0.257 e. The highest BCUT2D eigenvalue weighted by Crippen LogP contribution is 2.40. The van der Waals surface area contributed by atoms with Gasteiger partial charge in [-0.15, -0.1) is 0 Å². The van der Waals surface area contributed by atoms with Crippen LogP contribution in [0.4, 0.5) is 0 Å². The molecule has 6 nitrogen and oxygen atoms in total. The normalized spacial score (nSPS) is 20.2. The largest absolute Gasteiger partial charge is 0.497 e. The van der Waals surface area contributed by atoms with Crippen molar-refractivity contribution in [3.8, 4) is 17.0 Å². The number of nitrogens with zero attached hydrogens (tertiary/aromatic N) is 1. The van der Waals surface area contributed by atoms with Crippen molar-refractivity contribution in [1.29, 1.82) is 0 Å². The molecule has 0 saturated heterocycles. The molecule has 0 fully saturated rings. The molecule has 2 unspecified atom stereocenters. The maximum atomic E-state index is 13.1. The molecule has 1 aromatic heterocycles. The molecule has 2 aromatic carbocycles. The lowest BCUT2D eigenvalue weighted by molar-refractivity contribution is -0.117. The molecule has 2 aliphatic rings. The molecule has 0 spiro atoms. The zero-order valence-corrected chi connectivity index (χ0v) is 17.5. The van der Waals surface area contributed by atoms with E-state index in [-0.39, 0.29) is 40.9 Å². The molecule has 1 amide bonds. The van der Waals surface area contributed by atoms with Gasteiger partial charge in [0.05, 0.1) is 24.1 Å². The van der Waals surface area contributed by atoms with Crippen LogP contribution in [0.5, 0.6) is 5.75 Å². The fourth-order valence-electron chi connectivity index (χ4n) is 4.49. The highest BCUT2D eigenvalue weighted by Gasteiger charge is 2.38. The van der Waals surface area contributed by atoms with E-state index in [4.69, 9.17) is 4.74 Å². The van der Waals surface area contributed by atoms with Gasteiger partial charge in [-0.1, -0.05) is 42.5 Å². The van der Waals surface area contributed by atoms with Crippen LogP contribution in [0, 0.1) is 0 Å². The van der Waals surface area contributed by atoms with Crippen molar-refractivity contribution in [3.63, 3.8) is 0 Å². The van der Waals surface area contributed by atoms with Crippen LogP contribution in [0.3, 0.4) is 0 Å². The average Bonchev–Trinajstić information content (AvgIpc) is 2.93. The van der Waals surface area contributed by atoms with Crippen LogP contribution in [0.2, 0.25) is 0 Å². The summed E-state index contributed by atoms with van der Waals surface area (Å²) in [6, 6.07) is 20.5. The Hall–Kier alpha value is -3.77. The minimum absolute atomic E-state index is 0.0449. The Bertz CT molecular complexity index is 1250. The summed E-state index contributed by atoms with van der Waals surface area (Å²) in [5.41, 5.74) is 3.59. The molecule has 0 saturated carbocycles. The van der Waals surface area contributed by atoms with Gasteiger partial charge in [0.1, 0.15) is 11.9 Å². The number of benzene rings is 2. The number of hydrogen-bond acceptors (Lipinski definition) is 5. The molecule has 0 bridgehead atoms. The Labute approximate surface area is 185 Å². The number of nitrogens with one attached hydrogen (secondary N) is 1. The lowest BCUT2D eigenvalue weighted by atomic mass is 9.80. The Morgan fingerprint density at radius 2 is 1.81 bits per heavy atom. The van der Waals surface area contributed by atoms with Crippen molar-refractivity contribution >= 4 is 11.7 Å². The topological polar surface area (TPSA) is 88.5 Å². The summed E-state index contributed by atoms with van der Waals surface area (Å²) in [5.74, 6) is 0.0954. The smallest absolute Gasteiger partial charge is 0.257 e. The second-order valence-corrected chi connectivity index (χ2v) is 8.05. The third-order valence-corrected chi connectivity index (χ3v) is 6.11. The van der Waals surface area contributed by atoms with Crippen LogP contribution in [0.1, 0.15) is 46.5 Å². The maximum absolute atomic E-state index is 13.1. The molecular formula is C26H22N2O4. The average molecular weight is 426 g/mol. The Kier molecular flexibility index (Phi) is 5.07. The van der Waals surface area contributed by atoms with E-state index in [2.05, 4.69) is 10.3 Å².